The Bertz CT molecular complexity index is 1170. The molecule has 2 fully saturated rings. The van der Waals surface area contributed by atoms with E-state index in [2.05, 4.69) is 60.2 Å². The zero-order valence-corrected chi connectivity index (χ0v) is 22.6. The van der Waals surface area contributed by atoms with Crippen LogP contribution in [0.25, 0.3) is 0 Å². The van der Waals surface area contributed by atoms with Crippen LogP contribution in [0.15, 0.2) is 42.5 Å². The van der Waals surface area contributed by atoms with Crippen molar-refractivity contribution in [2.45, 2.75) is 51.2 Å². The Balaban J connectivity index is 1.22. The Morgan fingerprint density at radius 3 is 2.28 bits per heavy atom. The number of rotatable bonds is 7. The Kier molecular flexibility index (Phi) is 8.39. The van der Waals surface area contributed by atoms with E-state index in [1.165, 1.54) is 17.3 Å². The topological polar surface area (TPSA) is 82.0 Å². The van der Waals surface area contributed by atoms with Gasteiger partial charge in [0, 0.05) is 75.7 Å². The molecule has 0 aromatic heterocycles. The third-order valence-electron chi connectivity index (χ3n) is 7.52. The molecule has 0 unspecified atom stereocenters. The van der Waals surface area contributed by atoms with E-state index in [-0.39, 0.29) is 23.1 Å². The minimum Gasteiger partial charge on any atom is -0.380 e. The van der Waals surface area contributed by atoms with E-state index in [0.29, 0.717) is 32.5 Å². The molecule has 0 radical (unpaired) electrons. The molecule has 1 atom stereocenters. The van der Waals surface area contributed by atoms with E-state index < -0.39 is 22.4 Å². The quantitative estimate of drug-likeness (QED) is 0.382. The van der Waals surface area contributed by atoms with Crippen LogP contribution in [0.4, 0.5) is 30.2 Å². The molecule has 2 aromatic carbocycles. The molecule has 0 aliphatic carbocycles. The van der Waals surface area contributed by atoms with Crippen molar-refractivity contribution < 1.29 is 22.9 Å². The molecule has 4 rings (SSSR count). The highest BCUT2D eigenvalue weighted by Crippen LogP contribution is 2.38. The summed E-state index contributed by atoms with van der Waals surface area (Å²) in [7, 11) is 0. The first-order chi connectivity index (χ1) is 18.3. The average molecular weight is 548 g/mol. The fraction of sp³-hybridized carbons (Fsp3) is 0.536. The van der Waals surface area contributed by atoms with Crippen LogP contribution in [-0.4, -0.2) is 72.5 Å². The summed E-state index contributed by atoms with van der Waals surface area (Å²) in [4.78, 5) is 29.2. The highest BCUT2D eigenvalue weighted by atomic mass is 19.4. The van der Waals surface area contributed by atoms with Gasteiger partial charge in [0.25, 0.3) is 5.69 Å². The number of likely N-dealkylation sites (tertiary alicyclic amines) is 1. The van der Waals surface area contributed by atoms with Crippen LogP contribution in [0, 0.1) is 10.1 Å². The Hall–Kier alpha value is -3.34. The molecule has 0 bridgehead atoms. The minimum atomic E-state index is -4.83. The van der Waals surface area contributed by atoms with Crippen LogP contribution < -0.4 is 10.2 Å². The van der Waals surface area contributed by atoms with Gasteiger partial charge >= 0.3 is 6.18 Å². The van der Waals surface area contributed by atoms with Gasteiger partial charge in [0.2, 0.25) is 5.91 Å². The molecule has 212 valence electrons. The lowest BCUT2D eigenvalue weighted by Crippen LogP contribution is -2.47. The first-order valence-corrected chi connectivity index (χ1v) is 13.3. The van der Waals surface area contributed by atoms with Crippen molar-refractivity contribution in [2.24, 2.45) is 0 Å². The Morgan fingerprint density at radius 1 is 1.03 bits per heavy atom. The second-order valence-corrected chi connectivity index (χ2v) is 11.3. The number of halogens is 3. The number of nitro groups is 1. The number of amides is 1. The van der Waals surface area contributed by atoms with E-state index in [0.717, 1.165) is 38.3 Å². The average Bonchev–Trinajstić information content (AvgIpc) is 3.35. The first-order valence-electron chi connectivity index (χ1n) is 13.3. The first kappa shape index (κ1) is 28.7. The molecule has 2 aliphatic rings. The molecule has 11 heteroatoms. The Morgan fingerprint density at radius 2 is 1.69 bits per heavy atom. The van der Waals surface area contributed by atoms with Crippen molar-refractivity contribution in [1.29, 1.82) is 0 Å². The van der Waals surface area contributed by atoms with Gasteiger partial charge in [-0.15, -0.1) is 0 Å². The van der Waals surface area contributed by atoms with E-state index >= 15 is 0 Å². The van der Waals surface area contributed by atoms with Gasteiger partial charge in [-0.2, -0.15) is 13.2 Å². The van der Waals surface area contributed by atoms with Crippen LogP contribution in [-0.2, 0) is 16.4 Å². The summed E-state index contributed by atoms with van der Waals surface area (Å²) in [6.07, 6.45) is -3.85. The van der Waals surface area contributed by atoms with Gasteiger partial charge in [-0.25, -0.2) is 0 Å². The summed E-state index contributed by atoms with van der Waals surface area (Å²) < 4.78 is 39.8. The van der Waals surface area contributed by atoms with Crippen molar-refractivity contribution in [3.05, 3.63) is 63.7 Å². The van der Waals surface area contributed by atoms with Crippen molar-refractivity contribution in [3.8, 4) is 0 Å². The van der Waals surface area contributed by atoms with Gasteiger partial charge in [0.05, 0.1) is 4.92 Å². The SMILES string of the molecule is CC(C)(C)c1ccc(N2CCN(CCC(=O)N3CC[C@@H](Nc4ccc([N+](=O)[O-])c(C(F)(F)F)c4)C3)CC2)cc1. The number of hydrogen-bond donors (Lipinski definition) is 1. The van der Waals surface area contributed by atoms with Crippen LogP contribution in [0.1, 0.15) is 44.7 Å². The molecule has 0 saturated carbocycles. The van der Waals surface area contributed by atoms with E-state index in [4.69, 9.17) is 0 Å². The zero-order valence-electron chi connectivity index (χ0n) is 22.6. The molecule has 0 spiro atoms. The fourth-order valence-corrected chi connectivity index (χ4v) is 5.17. The summed E-state index contributed by atoms with van der Waals surface area (Å²) in [5.41, 5.74) is 0.529. The van der Waals surface area contributed by atoms with Crippen LogP contribution >= 0.6 is 0 Å². The molecule has 2 heterocycles. The standard InChI is InChI=1S/C28H36F3N5O3/c1-27(2,3)20-4-7-23(8-5-20)34-16-14-33(15-17-34)12-11-26(37)35-13-10-22(19-35)32-21-6-9-25(36(38)39)24(18-21)28(29,30)31/h4-9,18,22,32H,10-17,19H2,1-3H3/t22-/m1/s1. The van der Waals surface area contributed by atoms with Gasteiger partial charge in [-0.1, -0.05) is 32.9 Å². The number of nitrogens with one attached hydrogen (secondary N) is 1. The summed E-state index contributed by atoms with van der Waals surface area (Å²) in [6, 6.07) is 11.4. The number of alkyl halides is 3. The largest absolute Gasteiger partial charge is 0.423 e. The van der Waals surface area contributed by atoms with E-state index in [1.807, 2.05) is 0 Å². The second kappa shape index (κ2) is 11.4. The van der Waals surface area contributed by atoms with Gasteiger partial charge in [0.15, 0.2) is 0 Å². The minimum absolute atomic E-state index is 0.0270. The molecular formula is C28H36F3N5O3. The molecule has 8 nitrogen and oxygen atoms in total. The predicted octanol–water partition coefficient (Wildman–Crippen LogP) is 5.14. The summed E-state index contributed by atoms with van der Waals surface area (Å²) in [5, 5.41) is 14.0. The lowest BCUT2D eigenvalue weighted by molar-refractivity contribution is -0.388. The smallest absolute Gasteiger partial charge is 0.380 e. The molecule has 2 aliphatic heterocycles. The third-order valence-corrected chi connectivity index (χ3v) is 7.52. The summed E-state index contributed by atoms with van der Waals surface area (Å²) in [5.74, 6) is 0.0270. The second-order valence-electron chi connectivity index (χ2n) is 11.3. The molecule has 1 amide bonds. The predicted molar refractivity (Wildman–Crippen MR) is 145 cm³/mol. The maximum absolute atomic E-state index is 13.3. The number of nitro benzene ring substituents is 1. The highest BCUT2D eigenvalue weighted by Gasteiger charge is 2.38. The van der Waals surface area contributed by atoms with Crippen molar-refractivity contribution in [3.63, 3.8) is 0 Å². The lowest BCUT2D eigenvalue weighted by Gasteiger charge is -2.36. The monoisotopic (exact) mass is 547 g/mol. The number of benzene rings is 2. The number of carbonyl (C=O) groups is 1. The zero-order chi connectivity index (χ0) is 28.4. The van der Waals surface area contributed by atoms with Crippen LogP contribution in [0.3, 0.4) is 0 Å². The number of piperazine rings is 1. The number of hydrogen-bond acceptors (Lipinski definition) is 6. The highest BCUT2D eigenvalue weighted by molar-refractivity contribution is 5.77. The van der Waals surface area contributed by atoms with Gasteiger partial charge in [-0.3, -0.25) is 19.8 Å². The third kappa shape index (κ3) is 7.20. The number of anilines is 2. The van der Waals surface area contributed by atoms with Crippen molar-refractivity contribution in [2.75, 3.05) is 56.0 Å². The molecule has 2 aromatic rings. The van der Waals surface area contributed by atoms with Crippen molar-refractivity contribution in [1.82, 2.24) is 9.80 Å². The lowest BCUT2D eigenvalue weighted by atomic mass is 9.87. The normalized spacial score (nSPS) is 18.9. The van der Waals surface area contributed by atoms with E-state index in [9.17, 15) is 28.1 Å². The van der Waals surface area contributed by atoms with Crippen molar-refractivity contribution >= 4 is 23.0 Å². The van der Waals surface area contributed by atoms with E-state index in [1.54, 1.807) is 4.90 Å². The van der Waals surface area contributed by atoms with Gasteiger partial charge < -0.3 is 15.1 Å². The summed E-state index contributed by atoms with van der Waals surface area (Å²) >= 11 is 0. The molecule has 1 N–H and O–H groups in total. The van der Waals surface area contributed by atoms with Gasteiger partial charge in [-0.05, 0) is 41.7 Å². The fourth-order valence-electron chi connectivity index (χ4n) is 5.17. The molecule has 39 heavy (non-hydrogen) atoms. The Labute approximate surface area is 226 Å². The maximum atomic E-state index is 13.3. The summed E-state index contributed by atoms with van der Waals surface area (Å²) in [6.45, 7) is 11.7. The van der Waals surface area contributed by atoms with Gasteiger partial charge in [0.1, 0.15) is 5.56 Å². The molecule has 2 saturated heterocycles. The molecular weight excluding hydrogens is 511 g/mol. The number of carbonyl (C=O) groups excluding carboxylic acids is 1. The number of nitrogens with zero attached hydrogens (tertiary/aromatic N) is 4. The maximum Gasteiger partial charge on any atom is 0.423 e. The van der Waals surface area contributed by atoms with Crippen LogP contribution in [0.2, 0.25) is 0 Å². The van der Waals surface area contributed by atoms with Crippen LogP contribution in [0.5, 0.6) is 0 Å².